The van der Waals surface area contributed by atoms with Gasteiger partial charge in [-0.25, -0.2) is 4.98 Å². The Kier molecular flexibility index (Phi) is 4.83. The van der Waals surface area contributed by atoms with E-state index in [4.69, 9.17) is 5.73 Å². The molecule has 8 nitrogen and oxygen atoms in total. The van der Waals surface area contributed by atoms with Gasteiger partial charge in [0.2, 0.25) is 11.8 Å². The zero-order valence-corrected chi connectivity index (χ0v) is 12.6. The Morgan fingerprint density at radius 1 is 1.40 bits per heavy atom. The smallest absolute Gasteiger partial charge is 0.332 e. The Morgan fingerprint density at radius 3 is 2.50 bits per heavy atom. The summed E-state index contributed by atoms with van der Waals surface area (Å²) in [7, 11) is 3.97. The number of nitrogens with zero attached hydrogens (tertiary/aromatic N) is 4. The van der Waals surface area contributed by atoms with Gasteiger partial charge in [0, 0.05) is 13.1 Å². The van der Waals surface area contributed by atoms with E-state index in [1.54, 1.807) is 6.92 Å². The van der Waals surface area contributed by atoms with Crippen molar-refractivity contribution in [3.8, 4) is 0 Å². The highest BCUT2D eigenvalue weighted by Crippen LogP contribution is 2.27. The number of hydrogen-bond acceptors (Lipinski definition) is 7. The van der Waals surface area contributed by atoms with Crippen LogP contribution < -0.4 is 11.1 Å². The van der Waals surface area contributed by atoms with E-state index >= 15 is 0 Å². The molecule has 1 aromatic rings. The average molecular weight is 282 g/mol. The molecule has 0 amide bonds. The largest absolute Gasteiger partial charge is 0.368 e. The van der Waals surface area contributed by atoms with Crippen LogP contribution in [0.1, 0.15) is 19.5 Å². The lowest BCUT2D eigenvalue weighted by atomic mass is 9.93. The summed E-state index contributed by atoms with van der Waals surface area (Å²) in [4.78, 5) is 20.4. The van der Waals surface area contributed by atoms with Crippen LogP contribution in [0.3, 0.4) is 0 Å². The summed E-state index contributed by atoms with van der Waals surface area (Å²) in [6.45, 7) is 7.08. The van der Waals surface area contributed by atoms with Gasteiger partial charge in [0.15, 0.2) is 0 Å². The van der Waals surface area contributed by atoms with E-state index in [0.29, 0.717) is 6.54 Å². The molecule has 3 N–H and O–H groups in total. The first kappa shape index (κ1) is 16.1. The van der Waals surface area contributed by atoms with E-state index in [0.717, 1.165) is 6.54 Å². The summed E-state index contributed by atoms with van der Waals surface area (Å²) in [5.74, 6) is 0.202. The summed E-state index contributed by atoms with van der Waals surface area (Å²) < 4.78 is 0. The van der Waals surface area contributed by atoms with Crippen LogP contribution >= 0.6 is 0 Å². The van der Waals surface area contributed by atoms with Crippen molar-refractivity contribution < 1.29 is 4.92 Å². The van der Waals surface area contributed by atoms with Crippen LogP contribution in [0.4, 0.5) is 17.5 Å². The van der Waals surface area contributed by atoms with Gasteiger partial charge >= 0.3 is 5.69 Å². The molecule has 1 heterocycles. The summed E-state index contributed by atoms with van der Waals surface area (Å²) in [6.07, 6.45) is 0. The molecular weight excluding hydrogens is 260 g/mol. The summed E-state index contributed by atoms with van der Waals surface area (Å²) in [6, 6.07) is 0. The first-order chi connectivity index (χ1) is 9.12. The molecule has 1 aromatic heterocycles. The third kappa shape index (κ3) is 4.30. The quantitative estimate of drug-likeness (QED) is 0.597. The van der Waals surface area contributed by atoms with Gasteiger partial charge in [0.25, 0.3) is 0 Å². The normalized spacial score (nSPS) is 11.7. The molecule has 8 heteroatoms. The molecule has 0 bridgehead atoms. The highest BCUT2D eigenvalue weighted by Gasteiger charge is 2.24. The molecule has 0 atom stereocenters. The van der Waals surface area contributed by atoms with Crippen LogP contribution in [0.5, 0.6) is 0 Å². The van der Waals surface area contributed by atoms with E-state index in [9.17, 15) is 10.1 Å². The van der Waals surface area contributed by atoms with Gasteiger partial charge in [0.05, 0.1) is 4.92 Å². The van der Waals surface area contributed by atoms with Gasteiger partial charge < -0.3 is 16.0 Å². The lowest BCUT2D eigenvalue weighted by Gasteiger charge is -2.28. The maximum atomic E-state index is 11.1. The van der Waals surface area contributed by atoms with Crippen molar-refractivity contribution in [2.24, 2.45) is 5.41 Å². The highest BCUT2D eigenvalue weighted by molar-refractivity contribution is 5.60. The Bertz CT molecular complexity index is 501. The lowest BCUT2D eigenvalue weighted by Crippen LogP contribution is -2.34. The standard InChI is InChI=1S/C12H22N6O2/c1-8-9(18(19)20)10(16-11(13)15-8)14-6-12(2,3)7-17(4)5/h6-7H2,1-5H3,(H3,13,14,15,16). The molecule has 0 fully saturated rings. The predicted molar refractivity (Wildman–Crippen MR) is 78.7 cm³/mol. The molecule has 20 heavy (non-hydrogen) atoms. The van der Waals surface area contributed by atoms with Crippen molar-refractivity contribution >= 4 is 17.5 Å². The number of nitrogen functional groups attached to an aromatic ring is 1. The van der Waals surface area contributed by atoms with Crippen LogP contribution in [0, 0.1) is 22.5 Å². The van der Waals surface area contributed by atoms with Gasteiger partial charge in [0.1, 0.15) is 5.69 Å². The van der Waals surface area contributed by atoms with Crippen molar-refractivity contribution in [3.63, 3.8) is 0 Å². The van der Waals surface area contributed by atoms with Crippen molar-refractivity contribution in [1.29, 1.82) is 0 Å². The van der Waals surface area contributed by atoms with E-state index in [1.807, 2.05) is 14.1 Å². The Labute approximate surface area is 118 Å². The number of hydrogen-bond donors (Lipinski definition) is 2. The van der Waals surface area contributed by atoms with E-state index in [2.05, 4.69) is 34.0 Å². The van der Waals surface area contributed by atoms with Gasteiger partial charge in [-0.2, -0.15) is 4.98 Å². The molecule has 0 aromatic carbocycles. The number of nitrogens with one attached hydrogen (secondary N) is 1. The summed E-state index contributed by atoms with van der Waals surface area (Å²) >= 11 is 0. The molecule has 1 rings (SSSR count). The van der Waals surface area contributed by atoms with Crippen LogP contribution in [-0.4, -0.2) is 47.0 Å². The SMILES string of the molecule is Cc1nc(N)nc(NCC(C)(C)CN(C)C)c1[N+](=O)[O-]. The van der Waals surface area contributed by atoms with Crippen molar-refractivity contribution in [2.45, 2.75) is 20.8 Å². The van der Waals surface area contributed by atoms with Gasteiger partial charge in [-0.15, -0.1) is 0 Å². The van der Waals surface area contributed by atoms with Gasteiger partial charge in [-0.05, 0) is 26.4 Å². The Morgan fingerprint density at radius 2 is 2.00 bits per heavy atom. The molecule has 0 radical (unpaired) electrons. The van der Waals surface area contributed by atoms with Crippen molar-refractivity contribution in [3.05, 3.63) is 15.8 Å². The number of rotatable bonds is 6. The van der Waals surface area contributed by atoms with E-state index < -0.39 is 4.92 Å². The third-order valence-corrected chi connectivity index (χ3v) is 2.74. The molecule has 0 saturated carbocycles. The third-order valence-electron chi connectivity index (χ3n) is 2.74. The van der Waals surface area contributed by atoms with Gasteiger partial charge in [-0.3, -0.25) is 10.1 Å². The van der Waals surface area contributed by atoms with E-state index in [-0.39, 0.29) is 28.6 Å². The average Bonchev–Trinajstić information content (AvgIpc) is 2.22. The number of aryl methyl sites for hydroxylation is 1. The number of anilines is 2. The zero-order chi connectivity index (χ0) is 15.5. The molecule has 112 valence electrons. The minimum Gasteiger partial charge on any atom is -0.368 e. The van der Waals surface area contributed by atoms with Crippen molar-refractivity contribution in [1.82, 2.24) is 14.9 Å². The lowest BCUT2D eigenvalue weighted by molar-refractivity contribution is -0.385. The Hall–Kier alpha value is -1.96. The number of nitro groups is 1. The minimum absolute atomic E-state index is 0.0287. The second kappa shape index (κ2) is 6.00. The van der Waals surface area contributed by atoms with Crippen LogP contribution in [0.2, 0.25) is 0 Å². The highest BCUT2D eigenvalue weighted by atomic mass is 16.6. The molecule has 0 unspecified atom stereocenters. The second-order valence-corrected chi connectivity index (χ2v) is 5.88. The Balaban J connectivity index is 2.95. The molecule has 0 saturated heterocycles. The topological polar surface area (TPSA) is 110 Å². The first-order valence-corrected chi connectivity index (χ1v) is 6.29. The molecule has 0 aliphatic carbocycles. The molecule has 0 aliphatic rings. The second-order valence-electron chi connectivity index (χ2n) is 5.88. The maximum absolute atomic E-state index is 11.1. The van der Waals surface area contributed by atoms with Gasteiger partial charge in [-0.1, -0.05) is 13.8 Å². The fourth-order valence-electron chi connectivity index (χ4n) is 2.17. The van der Waals surface area contributed by atoms with Crippen molar-refractivity contribution in [2.75, 3.05) is 38.2 Å². The minimum atomic E-state index is -0.490. The molecular formula is C12H22N6O2. The van der Waals surface area contributed by atoms with Crippen LogP contribution in [0.15, 0.2) is 0 Å². The zero-order valence-electron chi connectivity index (χ0n) is 12.6. The number of nitrogens with two attached hydrogens (primary N) is 1. The molecule has 0 aliphatic heterocycles. The maximum Gasteiger partial charge on any atom is 0.332 e. The van der Waals surface area contributed by atoms with E-state index in [1.165, 1.54) is 0 Å². The summed E-state index contributed by atoms with van der Waals surface area (Å²) in [5, 5.41) is 14.1. The molecule has 0 spiro atoms. The number of aromatic nitrogens is 2. The first-order valence-electron chi connectivity index (χ1n) is 6.29. The fraction of sp³-hybridized carbons (Fsp3) is 0.667. The fourth-order valence-corrected chi connectivity index (χ4v) is 2.17. The predicted octanol–water partition coefficient (Wildman–Crippen LogP) is 1.28. The summed E-state index contributed by atoms with van der Waals surface area (Å²) in [5.41, 5.74) is 5.63. The monoisotopic (exact) mass is 282 g/mol. The van der Waals surface area contributed by atoms with Crippen LogP contribution in [-0.2, 0) is 0 Å². The van der Waals surface area contributed by atoms with Crippen LogP contribution in [0.25, 0.3) is 0 Å².